The van der Waals surface area contributed by atoms with Gasteiger partial charge in [0.15, 0.2) is 0 Å². The Morgan fingerprint density at radius 3 is 2.61 bits per heavy atom. The molecule has 1 aromatic carbocycles. The zero-order valence-corrected chi connectivity index (χ0v) is 11.6. The number of rotatable bonds is 5. The van der Waals surface area contributed by atoms with Crippen LogP contribution < -0.4 is 5.32 Å². The van der Waals surface area contributed by atoms with E-state index in [1.54, 1.807) is 0 Å². The van der Waals surface area contributed by atoms with Gasteiger partial charge in [0, 0.05) is 12.1 Å². The lowest BCUT2D eigenvalue weighted by atomic mass is 9.92. The van der Waals surface area contributed by atoms with Gasteiger partial charge in [-0.05, 0) is 18.4 Å². The fraction of sp³-hybridized carbons (Fsp3) is 0.625. The summed E-state index contributed by atoms with van der Waals surface area (Å²) in [6, 6.07) is 11.5. The molecule has 0 unspecified atom stereocenters. The fourth-order valence-corrected chi connectivity index (χ4v) is 2.69. The van der Waals surface area contributed by atoms with Gasteiger partial charge >= 0.3 is 0 Å². The van der Waals surface area contributed by atoms with Gasteiger partial charge in [0.25, 0.3) is 0 Å². The highest BCUT2D eigenvalue weighted by atomic mass is 16.5. The van der Waals surface area contributed by atoms with Gasteiger partial charge in [-0.25, -0.2) is 0 Å². The number of ether oxygens (including phenoxy) is 1. The van der Waals surface area contributed by atoms with Crippen LogP contribution in [0.3, 0.4) is 0 Å². The maximum absolute atomic E-state index is 6.12. The summed E-state index contributed by atoms with van der Waals surface area (Å²) in [4.78, 5) is 0. The fourth-order valence-electron chi connectivity index (χ4n) is 2.69. The lowest BCUT2D eigenvalue weighted by Gasteiger charge is -2.33. The quantitative estimate of drug-likeness (QED) is 0.859. The molecule has 100 valence electrons. The molecule has 0 aromatic heterocycles. The highest BCUT2D eigenvalue weighted by molar-refractivity contribution is 5.13. The Morgan fingerprint density at radius 1 is 1.17 bits per heavy atom. The highest BCUT2D eigenvalue weighted by Gasteiger charge is 2.25. The van der Waals surface area contributed by atoms with E-state index >= 15 is 0 Å². The van der Waals surface area contributed by atoms with Crippen LogP contribution in [-0.4, -0.2) is 18.2 Å². The molecule has 0 aliphatic heterocycles. The first kappa shape index (κ1) is 13.6. The smallest absolute Gasteiger partial charge is 0.0732 e. The number of nitrogens with one attached hydrogen (secondary N) is 1. The first-order chi connectivity index (χ1) is 8.75. The molecule has 0 amide bonds. The third-order valence-electron chi connectivity index (χ3n) is 3.56. The molecule has 1 saturated carbocycles. The van der Waals surface area contributed by atoms with Crippen LogP contribution in [0.1, 0.15) is 45.1 Å². The second kappa shape index (κ2) is 6.91. The Bertz CT molecular complexity index is 336. The summed E-state index contributed by atoms with van der Waals surface area (Å²) >= 11 is 0. The first-order valence-electron chi connectivity index (χ1n) is 7.17. The van der Waals surface area contributed by atoms with E-state index in [1.165, 1.54) is 31.2 Å². The SMILES string of the molecule is CC(C)N[C@H]1CCCC[C@@H]1OCc1ccccc1. The number of hydrogen-bond donors (Lipinski definition) is 1. The van der Waals surface area contributed by atoms with E-state index in [-0.39, 0.29) is 0 Å². The van der Waals surface area contributed by atoms with Crippen molar-refractivity contribution in [3.8, 4) is 0 Å². The van der Waals surface area contributed by atoms with E-state index in [4.69, 9.17) is 4.74 Å². The van der Waals surface area contributed by atoms with Gasteiger partial charge in [-0.15, -0.1) is 0 Å². The van der Waals surface area contributed by atoms with Gasteiger partial charge in [-0.3, -0.25) is 0 Å². The average Bonchev–Trinajstić information content (AvgIpc) is 2.38. The van der Waals surface area contributed by atoms with Gasteiger partial charge in [0.2, 0.25) is 0 Å². The molecule has 0 radical (unpaired) electrons. The third-order valence-corrected chi connectivity index (χ3v) is 3.56. The van der Waals surface area contributed by atoms with E-state index in [0.29, 0.717) is 18.2 Å². The standard InChI is InChI=1S/C16H25NO/c1-13(2)17-15-10-6-7-11-16(15)18-12-14-8-4-3-5-9-14/h3-5,8-9,13,15-17H,6-7,10-12H2,1-2H3/t15-,16-/m0/s1. The number of hydrogen-bond acceptors (Lipinski definition) is 2. The molecular formula is C16H25NO. The number of benzene rings is 1. The minimum Gasteiger partial charge on any atom is -0.372 e. The summed E-state index contributed by atoms with van der Waals surface area (Å²) in [7, 11) is 0. The van der Waals surface area contributed by atoms with Gasteiger partial charge < -0.3 is 10.1 Å². The molecule has 0 bridgehead atoms. The zero-order valence-electron chi connectivity index (χ0n) is 11.6. The van der Waals surface area contributed by atoms with Crippen molar-refractivity contribution in [1.82, 2.24) is 5.32 Å². The molecule has 1 aliphatic carbocycles. The van der Waals surface area contributed by atoms with Gasteiger partial charge in [0.05, 0.1) is 12.7 Å². The van der Waals surface area contributed by atoms with Crippen molar-refractivity contribution < 1.29 is 4.74 Å². The Morgan fingerprint density at radius 2 is 1.89 bits per heavy atom. The van der Waals surface area contributed by atoms with Gasteiger partial charge in [-0.2, -0.15) is 0 Å². The monoisotopic (exact) mass is 247 g/mol. The molecular weight excluding hydrogens is 222 g/mol. The first-order valence-corrected chi connectivity index (χ1v) is 7.17. The predicted molar refractivity (Wildman–Crippen MR) is 75.5 cm³/mol. The molecule has 18 heavy (non-hydrogen) atoms. The van der Waals surface area contributed by atoms with E-state index < -0.39 is 0 Å². The van der Waals surface area contributed by atoms with Crippen molar-refractivity contribution in [2.75, 3.05) is 0 Å². The minimum absolute atomic E-state index is 0.376. The summed E-state index contributed by atoms with van der Waals surface area (Å²) in [5, 5.41) is 3.64. The Balaban J connectivity index is 1.85. The summed E-state index contributed by atoms with van der Waals surface area (Å²) in [5.41, 5.74) is 1.27. The molecule has 2 nitrogen and oxygen atoms in total. The molecule has 0 spiro atoms. The van der Waals surface area contributed by atoms with Crippen LogP contribution >= 0.6 is 0 Å². The second-order valence-electron chi connectivity index (χ2n) is 5.55. The summed E-state index contributed by atoms with van der Waals surface area (Å²) in [6.45, 7) is 5.16. The summed E-state index contributed by atoms with van der Waals surface area (Å²) < 4.78 is 6.12. The van der Waals surface area contributed by atoms with Gasteiger partial charge in [0.1, 0.15) is 0 Å². The topological polar surface area (TPSA) is 21.3 Å². The van der Waals surface area contributed by atoms with E-state index in [0.717, 1.165) is 6.61 Å². The van der Waals surface area contributed by atoms with Crippen LogP contribution in [-0.2, 0) is 11.3 Å². The van der Waals surface area contributed by atoms with Crippen molar-refractivity contribution in [1.29, 1.82) is 0 Å². The van der Waals surface area contributed by atoms with Crippen LogP contribution in [0.5, 0.6) is 0 Å². The molecule has 0 heterocycles. The largest absolute Gasteiger partial charge is 0.372 e. The zero-order chi connectivity index (χ0) is 12.8. The van der Waals surface area contributed by atoms with Crippen LogP contribution in [0, 0.1) is 0 Å². The average molecular weight is 247 g/mol. The molecule has 0 saturated heterocycles. The second-order valence-corrected chi connectivity index (χ2v) is 5.55. The normalized spacial score (nSPS) is 24.4. The van der Waals surface area contributed by atoms with Crippen molar-refractivity contribution in [2.45, 2.75) is 64.3 Å². The molecule has 2 heteroatoms. The van der Waals surface area contributed by atoms with E-state index in [2.05, 4.69) is 43.4 Å². The molecule has 1 aromatic rings. The van der Waals surface area contributed by atoms with Crippen LogP contribution in [0.25, 0.3) is 0 Å². The third kappa shape index (κ3) is 4.11. The van der Waals surface area contributed by atoms with Crippen molar-refractivity contribution >= 4 is 0 Å². The lowest BCUT2D eigenvalue weighted by Crippen LogP contribution is -2.46. The van der Waals surface area contributed by atoms with Gasteiger partial charge in [-0.1, -0.05) is 57.0 Å². The highest BCUT2D eigenvalue weighted by Crippen LogP contribution is 2.22. The molecule has 2 atom stereocenters. The van der Waals surface area contributed by atoms with Crippen LogP contribution in [0.15, 0.2) is 30.3 Å². The Labute approximate surface area is 111 Å². The van der Waals surface area contributed by atoms with Crippen molar-refractivity contribution in [3.63, 3.8) is 0 Å². The molecule has 1 N–H and O–H groups in total. The molecule has 2 rings (SSSR count). The van der Waals surface area contributed by atoms with Crippen LogP contribution in [0.4, 0.5) is 0 Å². The predicted octanol–water partition coefficient (Wildman–Crippen LogP) is 3.51. The molecule has 1 fully saturated rings. The summed E-state index contributed by atoms with van der Waals surface area (Å²) in [6.07, 6.45) is 5.45. The maximum Gasteiger partial charge on any atom is 0.0732 e. The van der Waals surface area contributed by atoms with E-state index in [9.17, 15) is 0 Å². The van der Waals surface area contributed by atoms with Crippen molar-refractivity contribution in [2.24, 2.45) is 0 Å². The Hall–Kier alpha value is -0.860. The molecule has 1 aliphatic rings. The minimum atomic E-state index is 0.376. The van der Waals surface area contributed by atoms with Crippen LogP contribution in [0.2, 0.25) is 0 Å². The summed E-state index contributed by atoms with van der Waals surface area (Å²) in [5.74, 6) is 0. The van der Waals surface area contributed by atoms with Crippen molar-refractivity contribution in [3.05, 3.63) is 35.9 Å². The maximum atomic E-state index is 6.12. The Kier molecular flexibility index (Phi) is 5.21. The lowest BCUT2D eigenvalue weighted by molar-refractivity contribution is -0.00741. The van der Waals surface area contributed by atoms with E-state index in [1.807, 2.05) is 6.07 Å².